The molecule has 0 bridgehead atoms. The molecule has 0 saturated heterocycles. The van der Waals surface area contributed by atoms with E-state index in [1.54, 1.807) is 11.3 Å². The van der Waals surface area contributed by atoms with Gasteiger partial charge in [-0.1, -0.05) is 30.3 Å². The quantitative estimate of drug-likeness (QED) is 0.767. The van der Waals surface area contributed by atoms with Crippen LogP contribution in [0.2, 0.25) is 0 Å². The van der Waals surface area contributed by atoms with Gasteiger partial charge >= 0.3 is 0 Å². The summed E-state index contributed by atoms with van der Waals surface area (Å²) in [5.41, 5.74) is 2.74. The molecule has 1 amide bonds. The minimum Gasteiger partial charge on any atom is -0.343 e. The van der Waals surface area contributed by atoms with Gasteiger partial charge < -0.3 is 4.90 Å². The van der Waals surface area contributed by atoms with Crippen LogP contribution >= 0.6 is 11.3 Å². The van der Waals surface area contributed by atoms with Gasteiger partial charge in [-0.15, -0.1) is 0 Å². The fourth-order valence-electron chi connectivity index (χ4n) is 3.59. The minimum atomic E-state index is 0.291. The van der Waals surface area contributed by atoms with E-state index in [9.17, 15) is 4.79 Å². The van der Waals surface area contributed by atoms with Crippen LogP contribution in [-0.4, -0.2) is 23.9 Å². The third-order valence-electron chi connectivity index (χ3n) is 5.12. The highest BCUT2D eigenvalue weighted by molar-refractivity contribution is 7.07. The van der Waals surface area contributed by atoms with Crippen LogP contribution < -0.4 is 0 Å². The molecule has 1 heterocycles. The number of nitrogens with zero attached hydrogens (tertiary/aromatic N) is 1. The summed E-state index contributed by atoms with van der Waals surface area (Å²) >= 11 is 1.70. The van der Waals surface area contributed by atoms with Crippen LogP contribution in [0.15, 0.2) is 47.2 Å². The van der Waals surface area contributed by atoms with E-state index in [4.69, 9.17) is 0 Å². The Hall–Kier alpha value is -1.61. The van der Waals surface area contributed by atoms with E-state index in [0.29, 0.717) is 24.3 Å². The zero-order chi connectivity index (χ0) is 16.1. The molecule has 122 valence electrons. The maximum absolute atomic E-state index is 12.4. The lowest BCUT2D eigenvalue weighted by Crippen LogP contribution is -2.39. The highest BCUT2D eigenvalue weighted by Gasteiger charge is 2.26. The largest absolute Gasteiger partial charge is 0.343 e. The molecule has 0 atom stereocenters. The smallest absolute Gasteiger partial charge is 0.222 e. The Morgan fingerprint density at radius 3 is 2.52 bits per heavy atom. The molecule has 1 aromatic carbocycles. The Morgan fingerprint density at radius 1 is 1.13 bits per heavy atom. The number of carbonyl (C=O) groups excluding carboxylic acids is 1. The second-order valence-corrected chi connectivity index (χ2v) is 7.33. The van der Waals surface area contributed by atoms with E-state index in [1.807, 2.05) is 11.9 Å². The topological polar surface area (TPSA) is 20.3 Å². The molecule has 0 radical (unpaired) electrons. The monoisotopic (exact) mass is 327 g/mol. The van der Waals surface area contributed by atoms with Crippen molar-refractivity contribution in [3.05, 3.63) is 58.3 Å². The third kappa shape index (κ3) is 4.23. The van der Waals surface area contributed by atoms with E-state index >= 15 is 0 Å². The maximum atomic E-state index is 12.4. The first-order valence-corrected chi connectivity index (χ1v) is 9.50. The summed E-state index contributed by atoms with van der Waals surface area (Å²) in [6.07, 6.45) is 6.13. The summed E-state index contributed by atoms with van der Waals surface area (Å²) in [6, 6.07) is 13.3. The fourth-order valence-corrected chi connectivity index (χ4v) is 4.29. The Balaban J connectivity index is 1.47. The number of aryl methyl sites for hydroxylation is 1. The van der Waals surface area contributed by atoms with Gasteiger partial charge in [0.1, 0.15) is 0 Å². The van der Waals surface area contributed by atoms with Gasteiger partial charge in [-0.3, -0.25) is 4.79 Å². The van der Waals surface area contributed by atoms with Crippen molar-refractivity contribution in [1.29, 1.82) is 0 Å². The van der Waals surface area contributed by atoms with Crippen molar-refractivity contribution in [3.63, 3.8) is 0 Å². The van der Waals surface area contributed by atoms with Crippen LogP contribution in [0.25, 0.3) is 0 Å². The van der Waals surface area contributed by atoms with Crippen LogP contribution in [0.3, 0.4) is 0 Å². The van der Waals surface area contributed by atoms with Crippen LogP contribution in [0.4, 0.5) is 0 Å². The molecule has 0 N–H and O–H groups in total. The van der Waals surface area contributed by atoms with Crippen molar-refractivity contribution >= 4 is 17.2 Å². The van der Waals surface area contributed by atoms with Gasteiger partial charge in [0, 0.05) is 19.5 Å². The molecule has 1 aliphatic rings. The molecule has 1 aliphatic carbocycles. The fraction of sp³-hybridized carbons (Fsp3) is 0.450. The Kier molecular flexibility index (Phi) is 5.50. The van der Waals surface area contributed by atoms with Gasteiger partial charge in [-0.05, 0) is 66.0 Å². The lowest BCUT2D eigenvalue weighted by molar-refractivity contribution is -0.132. The SMILES string of the molecule is CN(C(=O)CCc1ccsc1)C1CCC(c2ccccc2)CC1. The van der Waals surface area contributed by atoms with E-state index in [1.165, 1.54) is 24.0 Å². The second kappa shape index (κ2) is 7.78. The zero-order valence-corrected chi connectivity index (χ0v) is 14.6. The maximum Gasteiger partial charge on any atom is 0.222 e. The summed E-state index contributed by atoms with van der Waals surface area (Å²) in [5, 5.41) is 4.22. The summed E-state index contributed by atoms with van der Waals surface area (Å²) in [7, 11) is 1.99. The minimum absolute atomic E-state index is 0.291. The van der Waals surface area contributed by atoms with Crippen molar-refractivity contribution in [1.82, 2.24) is 4.90 Å². The number of hydrogen-bond acceptors (Lipinski definition) is 2. The molecule has 3 rings (SSSR count). The normalized spacial score (nSPS) is 21.1. The van der Waals surface area contributed by atoms with Crippen LogP contribution in [-0.2, 0) is 11.2 Å². The number of thiophene rings is 1. The molecule has 2 nitrogen and oxygen atoms in total. The first-order valence-electron chi connectivity index (χ1n) is 8.55. The lowest BCUT2D eigenvalue weighted by atomic mass is 9.81. The van der Waals surface area contributed by atoms with Gasteiger partial charge in [-0.25, -0.2) is 0 Å². The zero-order valence-electron chi connectivity index (χ0n) is 13.8. The lowest BCUT2D eigenvalue weighted by Gasteiger charge is -2.35. The molecular weight excluding hydrogens is 302 g/mol. The Morgan fingerprint density at radius 2 is 1.87 bits per heavy atom. The first-order chi connectivity index (χ1) is 11.2. The van der Waals surface area contributed by atoms with Gasteiger partial charge in [0.2, 0.25) is 5.91 Å². The number of amides is 1. The molecule has 3 heteroatoms. The van der Waals surface area contributed by atoms with Crippen molar-refractivity contribution in [3.8, 4) is 0 Å². The van der Waals surface area contributed by atoms with Crippen molar-refractivity contribution in [2.24, 2.45) is 0 Å². The van der Waals surface area contributed by atoms with Gasteiger partial charge in [0.05, 0.1) is 0 Å². The molecular formula is C20H25NOS. The van der Waals surface area contributed by atoms with Gasteiger partial charge in [0.25, 0.3) is 0 Å². The predicted octanol–water partition coefficient (Wildman–Crippen LogP) is 4.87. The van der Waals surface area contributed by atoms with Crippen LogP contribution in [0, 0.1) is 0 Å². The number of rotatable bonds is 5. The number of benzene rings is 1. The average Bonchev–Trinajstić information content (AvgIpc) is 3.13. The molecule has 0 unspecified atom stereocenters. The van der Waals surface area contributed by atoms with Crippen molar-refractivity contribution in [2.45, 2.75) is 50.5 Å². The summed E-state index contributed by atoms with van der Waals surface area (Å²) in [6.45, 7) is 0. The Labute approximate surface area is 143 Å². The van der Waals surface area contributed by atoms with Crippen molar-refractivity contribution in [2.75, 3.05) is 7.05 Å². The van der Waals surface area contributed by atoms with E-state index < -0.39 is 0 Å². The molecule has 23 heavy (non-hydrogen) atoms. The summed E-state index contributed by atoms with van der Waals surface area (Å²) < 4.78 is 0. The average molecular weight is 327 g/mol. The highest BCUT2D eigenvalue weighted by Crippen LogP contribution is 2.34. The molecule has 1 fully saturated rings. The van der Waals surface area contributed by atoms with Crippen molar-refractivity contribution < 1.29 is 4.79 Å². The van der Waals surface area contributed by atoms with Crippen LogP contribution in [0.1, 0.15) is 49.1 Å². The number of hydrogen-bond donors (Lipinski definition) is 0. The molecule has 0 spiro atoms. The predicted molar refractivity (Wildman–Crippen MR) is 96.8 cm³/mol. The van der Waals surface area contributed by atoms with E-state index in [-0.39, 0.29) is 0 Å². The van der Waals surface area contributed by atoms with E-state index in [2.05, 4.69) is 47.2 Å². The van der Waals surface area contributed by atoms with E-state index in [0.717, 1.165) is 19.3 Å². The van der Waals surface area contributed by atoms with Crippen LogP contribution in [0.5, 0.6) is 0 Å². The Bertz CT molecular complexity index is 600. The standard InChI is InChI=1S/C20H25NOS/c1-21(20(22)12-7-16-13-14-23-15-16)19-10-8-18(9-11-19)17-5-3-2-4-6-17/h2-6,13-15,18-19H,7-12H2,1H3. The highest BCUT2D eigenvalue weighted by atomic mass is 32.1. The molecule has 0 aliphatic heterocycles. The summed E-state index contributed by atoms with van der Waals surface area (Å²) in [4.78, 5) is 14.4. The number of carbonyl (C=O) groups is 1. The molecule has 2 aromatic rings. The molecule has 1 aromatic heterocycles. The molecule has 1 saturated carbocycles. The van der Waals surface area contributed by atoms with Gasteiger partial charge in [0.15, 0.2) is 0 Å². The summed E-state index contributed by atoms with van der Waals surface area (Å²) in [5.74, 6) is 0.959. The second-order valence-electron chi connectivity index (χ2n) is 6.55. The third-order valence-corrected chi connectivity index (χ3v) is 5.85. The van der Waals surface area contributed by atoms with Gasteiger partial charge in [-0.2, -0.15) is 11.3 Å². The first kappa shape index (κ1) is 16.3.